The van der Waals surface area contributed by atoms with E-state index < -0.39 is 0 Å². The first-order valence-corrected chi connectivity index (χ1v) is 6.61. The molecule has 1 aromatic rings. The zero-order valence-electron chi connectivity index (χ0n) is 11.5. The van der Waals surface area contributed by atoms with Crippen molar-refractivity contribution >= 4 is 11.7 Å². The Balaban J connectivity index is 1.87. The molecule has 0 atom stereocenters. The van der Waals surface area contributed by atoms with Crippen LogP contribution in [0.3, 0.4) is 0 Å². The van der Waals surface area contributed by atoms with E-state index in [0.29, 0.717) is 6.61 Å². The Hall–Kier alpha value is -1.69. The third-order valence-corrected chi connectivity index (χ3v) is 3.15. The molecule has 2 heterocycles. The summed E-state index contributed by atoms with van der Waals surface area (Å²) in [5.74, 6) is 1.78. The van der Waals surface area contributed by atoms with Crippen LogP contribution < -0.4 is 4.90 Å². The highest BCUT2D eigenvalue weighted by Crippen LogP contribution is 2.13. The largest absolute Gasteiger partial charge is 0.372 e. The molecule has 1 aliphatic rings. The molecule has 1 aliphatic heterocycles. The summed E-state index contributed by atoms with van der Waals surface area (Å²) in [6, 6.07) is 1.91. The number of nitrogens with zero attached hydrogens (tertiary/aromatic N) is 4. The summed E-state index contributed by atoms with van der Waals surface area (Å²) in [4.78, 5) is 24.3. The minimum absolute atomic E-state index is 0.0698. The van der Waals surface area contributed by atoms with E-state index in [1.54, 1.807) is 6.20 Å². The SMILES string of the molecule is CCOCC(=O)N1CCN(c2ccnc(C)n2)CC1. The molecule has 1 saturated heterocycles. The van der Waals surface area contributed by atoms with Gasteiger partial charge in [-0.1, -0.05) is 0 Å². The molecule has 0 saturated carbocycles. The Morgan fingerprint density at radius 2 is 2.11 bits per heavy atom. The van der Waals surface area contributed by atoms with Crippen LogP contribution in [0.5, 0.6) is 0 Å². The van der Waals surface area contributed by atoms with Crippen LogP contribution in [0.25, 0.3) is 0 Å². The molecule has 0 bridgehead atoms. The molecule has 1 amide bonds. The smallest absolute Gasteiger partial charge is 0.248 e. The van der Waals surface area contributed by atoms with Crippen molar-refractivity contribution in [1.29, 1.82) is 0 Å². The summed E-state index contributed by atoms with van der Waals surface area (Å²) in [5, 5.41) is 0. The molecule has 6 nitrogen and oxygen atoms in total. The van der Waals surface area contributed by atoms with Crippen molar-refractivity contribution in [3.63, 3.8) is 0 Å². The molecular formula is C13H20N4O2. The van der Waals surface area contributed by atoms with Gasteiger partial charge in [-0.2, -0.15) is 0 Å². The lowest BCUT2D eigenvalue weighted by molar-refractivity contribution is -0.136. The summed E-state index contributed by atoms with van der Waals surface area (Å²) in [6.07, 6.45) is 1.77. The summed E-state index contributed by atoms with van der Waals surface area (Å²) in [6.45, 7) is 7.57. The zero-order chi connectivity index (χ0) is 13.7. The third kappa shape index (κ3) is 3.64. The van der Waals surface area contributed by atoms with Crippen LogP contribution in [0, 0.1) is 6.92 Å². The van der Waals surface area contributed by atoms with Gasteiger partial charge in [-0.05, 0) is 19.9 Å². The van der Waals surface area contributed by atoms with Crippen molar-refractivity contribution in [3.05, 3.63) is 18.1 Å². The number of piperazine rings is 1. The Morgan fingerprint density at radius 3 is 2.74 bits per heavy atom. The number of carbonyl (C=O) groups is 1. The van der Waals surface area contributed by atoms with Crippen LogP contribution in [0.2, 0.25) is 0 Å². The summed E-state index contributed by atoms with van der Waals surface area (Å²) >= 11 is 0. The molecule has 0 N–H and O–H groups in total. The Bertz CT molecular complexity index is 430. The van der Waals surface area contributed by atoms with E-state index in [9.17, 15) is 4.79 Å². The Labute approximate surface area is 113 Å². The predicted molar refractivity (Wildman–Crippen MR) is 72.1 cm³/mol. The van der Waals surface area contributed by atoms with Gasteiger partial charge in [0, 0.05) is 39.0 Å². The van der Waals surface area contributed by atoms with Crippen LogP contribution in [-0.2, 0) is 9.53 Å². The normalized spacial score (nSPS) is 15.7. The van der Waals surface area contributed by atoms with Gasteiger partial charge in [0.05, 0.1) is 0 Å². The lowest BCUT2D eigenvalue weighted by Crippen LogP contribution is -2.50. The highest BCUT2D eigenvalue weighted by molar-refractivity contribution is 5.77. The van der Waals surface area contributed by atoms with Crippen LogP contribution in [0.4, 0.5) is 5.82 Å². The molecule has 0 aromatic carbocycles. The number of rotatable bonds is 4. The van der Waals surface area contributed by atoms with E-state index in [4.69, 9.17) is 4.74 Å². The van der Waals surface area contributed by atoms with Gasteiger partial charge in [0.1, 0.15) is 18.2 Å². The number of ether oxygens (including phenoxy) is 1. The van der Waals surface area contributed by atoms with Gasteiger partial charge in [-0.25, -0.2) is 9.97 Å². The number of anilines is 1. The second-order valence-corrected chi connectivity index (χ2v) is 4.47. The lowest BCUT2D eigenvalue weighted by Gasteiger charge is -2.35. The van der Waals surface area contributed by atoms with Crippen molar-refractivity contribution in [2.45, 2.75) is 13.8 Å². The highest BCUT2D eigenvalue weighted by Gasteiger charge is 2.21. The van der Waals surface area contributed by atoms with E-state index in [-0.39, 0.29) is 12.5 Å². The van der Waals surface area contributed by atoms with Crippen LogP contribution in [0.15, 0.2) is 12.3 Å². The number of hydrogen-bond acceptors (Lipinski definition) is 5. The maximum atomic E-state index is 11.8. The Morgan fingerprint density at radius 1 is 1.37 bits per heavy atom. The molecule has 0 spiro atoms. The molecule has 1 aromatic heterocycles. The fourth-order valence-electron chi connectivity index (χ4n) is 2.09. The molecule has 104 valence electrons. The average Bonchev–Trinajstić information content (AvgIpc) is 2.45. The third-order valence-electron chi connectivity index (χ3n) is 3.15. The summed E-state index contributed by atoms with van der Waals surface area (Å²) < 4.78 is 5.15. The zero-order valence-corrected chi connectivity index (χ0v) is 11.5. The van der Waals surface area contributed by atoms with Crippen molar-refractivity contribution in [3.8, 4) is 0 Å². The molecule has 2 rings (SSSR count). The molecule has 0 unspecified atom stereocenters. The number of hydrogen-bond donors (Lipinski definition) is 0. The first kappa shape index (κ1) is 13.7. The quantitative estimate of drug-likeness (QED) is 0.791. The number of aryl methyl sites for hydroxylation is 1. The average molecular weight is 264 g/mol. The van der Waals surface area contributed by atoms with E-state index in [1.807, 2.05) is 24.8 Å². The maximum Gasteiger partial charge on any atom is 0.248 e. The topological polar surface area (TPSA) is 58.6 Å². The molecule has 1 fully saturated rings. The maximum absolute atomic E-state index is 11.8. The van der Waals surface area contributed by atoms with Crippen molar-refractivity contribution < 1.29 is 9.53 Å². The van der Waals surface area contributed by atoms with E-state index in [0.717, 1.165) is 37.8 Å². The second-order valence-electron chi connectivity index (χ2n) is 4.47. The second kappa shape index (κ2) is 6.47. The lowest BCUT2D eigenvalue weighted by atomic mass is 10.3. The van der Waals surface area contributed by atoms with Gasteiger partial charge in [0.15, 0.2) is 0 Å². The van der Waals surface area contributed by atoms with E-state index >= 15 is 0 Å². The van der Waals surface area contributed by atoms with Crippen LogP contribution in [0.1, 0.15) is 12.7 Å². The first-order chi connectivity index (χ1) is 9.20. The van der Waals surface area contributed by atoms with Crippen LogP contribution >= 0.6 is 0 Å². The molecule has 0 aliphatic carbocycles. The van der Waals surface area contributed by atoms with Crippen molar-refractivity contribution in [2.24, 2.45) is 0 Å². The van der Waals surface area contributed by atoms with Gasteiger partial charge in [0.25, 0.3) is 0 Å². The minimum atomic E-state index is 0.0698. The fraction of sp³-hybridized carbons (Fsp3) is 0.615. The summed E-state index contributed by atoms with van der Waals surface area (Å²) in [7, 11) is 0. The van der Waals surface area contributed by atoms with Crippen molar-refractivity contribution in [2.75, 3.05) is 44.3 Å². The molecule has 0 radical (unpaired) electrons. The predicted octanol–water partition coefficient (Wildman–Crippen LogP) is 0.470. The van der Waals surface area contributed by atoms with Gasteiger partial charge in [-0.3, -0.25) is 4.79 Å². The van der Waals surface area contributed by atoms with Gasteiger partial charge < -0.3 is 14.5 Å². The highest BCUT2D eigenvalue weighted by atomic mass is 16.5. The first-order valence-electron chi connectivity index (χ1n) is 6.61. The van der Waals surface area contributed by atoms with E-state index in [1.165, 1.54) is 0 Å². The summed E-state index contributed by atoms with van der Waals surface area (Å²) in [5.41, 5.74) is 0. The Kier molecular flexibility index (Phi) is 4.68. The van der Waals surface area contributed by atoms with Gasteiger partial charge in [0.2, 0.25) is 5.91 Å². The number of carbonyl (C=O) groups excluding carboxylic acids is 1. The molecule has 6 heteroatoms. The minimum Gasteiger partial charge on any atom is -0.372 e. The molecule has 19 heavy (non-hydrogen) atoms. The standard InChI is InChI=1S/C13H20N4O2/c1-3-19-10-13(18)17-8-6-16(7-9-17)12-4-5-14-11(2)15-12/h4-5H,3,6-10H2,1-2H3. The number of aromatic nitrogens is 2. The number of amides is 1. The van der Waals surface area contributed by atoms with Crippen molar-refractivity contribution in [1.82, 2.24) is 14.9 Å². The van der Waals surface area contributed by atoms with Gasteiger partial charge >= 0.3 is 0 Å². The van der Waals surface area contributed by atoms with Crippen LogP contribution in [-0.4, -0.2) is 60.2 Å². The van der Waals surface area contributed by atoms with Gasteiger partial charge in [-0.15, -0.1) is 0 Å². The monoisotopic (exact) mass is 264 g/mol. The fourth-order valence-corrected chi connectivity index (χ4v) is 2.09. The molecular weight excluding hydrogens is 244 g/mol. The van der Waals surface area contributed by atoms with E-state index in [2.05, 4.69) is 14.9 Å².